The number of hydrogen-bond acceptors (Lipinski definition) is 16. The van der Waals surface area contributed by atoms with Crippen LogP contribution in [0.25, 0.3) is 0 Å². The van der Waals surface area contributed by atoms with Crippen molar-refractivity contribution in [3.8, 4) is 11.5 Å². The highest BCUT2D eigenvalue weighted by Crippen LogP contribution is 2.42. The predicted octanol–water partition coefficient (Wildman–Crippen LogP) is 2.49. The number of phenols is 2. The summed E-state index contributed by atoms with van der Waals surface area (Å²) in [4.78, 5) is 25.4. The number of esters is 2. The van der Waals surface area contributed by atoms with Crippen LogP contribution in [0.4, 0.5) is 0 Å². The summed E-state index contributed by atoms with van der Waals surface area (Å²) >= 11 is 0. The number of ether oxygens (including phenoxy) is 5. The van der Waals surface area contributed by atoms with Gasteiger partial charge in [-0.05, 0) is 55.6 Å². The molecule has 1 aromatic rings. The first-order chi connectivity index (χ1) is 27.7. The van der Waals surface area contributed by atoms with E-state index in [0.29, 0.717) is 18.8 Å². The Hall–Kier alpha value is -3.42. The number of aliphatic hydroxyl groups excluding tert-OH is 7. The van der Waals surface area contributed by atoms with Crippen molar-refractivity contribution in [2.75, 3.05) is 13.2 Å². The van der Waals surface area contributed by atoms with E-state index in [1.807, 2.05) is 13.8 Å². The summed E-state index contributed by atoms with van der Waals surface area (Å²) in [7, 11) is 0. The molecular weight excluding hydrogens is 760 g/mol. The van der Waals surface area contributed by atoms with Gasteiger partial charge in [-0.25, -0.2) is 4.79 Å². The molecule has 0 bridgehead atoms. The van der Waals surface area contributed by atoms with E-state index in [9.17, 15) is 55.5 Å². The van der Waals surface area contributed by atoms with Crippen molar-refractivity contribution >= 4 is 11.9 Å². The van der Waals surface area contributed by atoms with Gasteiger partial charge in [-0.3, -0.25) is 4.79 Å². The zero-order chi connectivity index (χ0) is 42.9. The first-order valence-electron chi connectivity index (χ1n) is 20.2. The summed E-state index contributed by atoms with van der Waals surface area (Å²) < 4.78 is 28.5. The Kier molecular flexibility index (Phi) is 20.8. The normalized spacial score (nSPS) is 29.5. The van der Waals surface area contributed by atoms with Crippen LogP contribution in [0.5, 0.6) is 11.5 Å². The maximum atomic E-state index is 13.2. The van der Waals surface area contributed by atoms with E-state index in [4.69, 9.17) is 23.7 Å². The van der Waals surface area contributed by atoms with Crippen LogP contribution in [0.15, 0.2) is 48.6 Å². The van der Waals surface area contributed by atoms with Crippen LogP contribution < -0.4 is 0 Å². The fourth-order valence-electron chi connectivity index (χ4n) is 6.69. The average Bonchev–Trinajstić information content (AvgIpc) is 3.20. The molecule has 0 aromatic heterocycles. The summed E-state index contributed by atoms with van der Waals surface area (Å²) in [6.07, 6.45) is -2.17. The van der Waals surface area contributed by atoms with Gasteiger partial charge in [-0.15, -0.1) is 0 Å². The van der Waals surface area contributed by atoms with Crippen molar-refractivity contribution < 1.29 is 79.2 Å². The Bertz CT molecular complexity index is 1500. The second-order valence-corrected chi connectivity index (χ2v) is 15.1. The van der Waals surface area contributed by atoms with E-state index in [1.165, 1.54) is 12.2 Å². The largest absolute Gasteiger partial charge is 0.508 e. The van der Waals surface area contributed by atoms with Crippen molar-refractivity contribution in [1.29, 1.82) is 0 Å². The van der Waals surface area contributed by atoms with Crippen LogP contribution in [0, 0.1) is 11.8 Å². The molecule has 2 saturated heterocycles. The summed E-state index contributed by atoms with van der Waals surface area (Å²) in [5.41, 5.74) is -0.237. The van der Waals surface area contributed by atoms with Crippen LogP contribution in [-0.2, 0) is 39.9 Å². The molecule has 0 amide bonds. The molecule has 2 heterocycles. The number of hydrogen-bond donors (Lipinski definition) is 9. The third-order valence-corrected chi connectivity index (χ3v) is 10.5. The van der Waals surface area contributed by atoms with E-state index >= 15 is 0 Å². The Balaban J connectivity index is 1.80. The minimum Gasteiger partial charge on any atom is -0.508 e. The maximum Gasteiger partial charge on any atom is 0.331 e. The van der Waals surface area contributed by atoms with E-state index in [2.05, 4.69) is 26.0 Å². The maximum absolute atomic E-state index is 13.2. The molecule has 0 spiro atoms. The highest BCUT2D eigenvalue weighted by Gasteiger charge is 2.53. The summed E-state index contributed by atoms with van der Waals surface area (Å²) in [5.74, 6) is -2.00. The molecule has 328 valence electrons. The van der Waals surface area contributed by atoms with Crippen molar-refractivity contribution in [1.82, 2.24) is 0 Å². The first-order valence-corrected chi connectivity index (χ1v) is 20.2. The van der Waals surface area contributed by atoms with Gasteiger partial charge in [0, 0.05) is 24.1 Å². The summed E-state index contributed by atoms with van der Waals surface area (Å²) in [6, 6.07) is 2.06. The zero-order valence-corrected chi connectivity index (χ0v) is 33.8. The van der Waals surface area contributed by atoms with Gasteiger partial charge in [0.15, 0.2) is 12.4 Å². The zero-order valence-electron chi connectivity index (χ0n) is 33.8. The highest BCUT2D eigenvalue weighted by molar-refractivity contribution is 5.82. The number of aliphatic hydroxyl groups is 7. The minimum absolute atomic E-state index is 0.0430. The van der Waals surface area contributed by atoms with Gasteiger partial charge in [0.1, 0.15) is 66.9 Å². The van der Waals surface area contributed by atoms with Crippen LogP contribution in [0.3, 0.4) is 0 Å². The molecule has 2 aliphatic heterocycles. The minimum atomic E-state index is -1.93. The van der Waals surface area contributed by atoms with Crippen LogP contribution >= 0.6 is 0 Å². The number of carbonyl (C=O) groups is 2. The van der Waals surface area contributed by atoms with Crippen molar-refractivity contribution in [2.45, 2.75) is 153 Å². The van der Waals surface area contributed by atoms with Gasteiger partial charge in [0.2, 0.25) is 0 Å². The van der Waals surface area contributed by atoms with Gasteiger partial charge in [-0.2, -0.15) is 0 Å². The van der Waals surface area contributed by atoms with Crippen LogP contribution in [0.1, 0.15) is 96.3 Å². The molecule has 16 heteroatoms. The molecule has 16 nitrogen and oxygen atoms in total. The summed E-state index contributed by atoms with van der Waals surface area (Å²) in [6.45, 7) is 6.07. The van der Waals surface area contributed by atoms with Crippen molar-refractivity contribution in [2.24, 2.45) is 11.8 Å². The molecular formula is C42H64O16. The summed E-state index contributed by atoms with van der Waals surface area (Å²) in [5, 5.41) is 95.7. The lowest BCUT2D eigenvalue weighted by Crippen LogP contribution is -2.64. The second kappa shape index (κ2) is 24.6. The molecule has 2 aliphatic rings. The molecule has 0 unspecified atom stereocenters. The quantitative estimate of drug-likeness (QED) is 0.0267. The van der Waals surface area contributed by atoms with E-state index < -0.39 is 111 Å². The third kappa shape index (κ3) is 14.1. The lowest BCUT2D eigenvalue weighted by molar-refractivity contribution is -0.343. The van der Waals surface area contributed by atoms with E-state index in [1.54, 1.807) is 6.08 Å². The van der Waals surface area contributed by atoms with Gasteiger partial charge >= 0.3 is 11.9 Å². The fourth-order valence-corrected chi connectivity index (χ4v) is 6.69. The number of carbonyl (C=O) groups excluding carboxylic acids is 2. The van der Waals surface area contributed by atoms with E-state index in [-0.39, 0.29) is 23.5 Å². The van der Waals surface area contributed by atoms with Crippen molar-refractivity contribution in [3.63, 3.8) is 0 Å². The van der Waals surface area contributed by atoms with Crippen LogP contribution in [0.2, 0.25) is 0 Å². The third-order valence-electron chi connectivity index (χ3n) is 10.5. The molecule has 9 N–H and O–H groups in total. The smallest absolute Gasteiger partial charge is 0.331 e. The monoisotopic (exact) mass is 824 g/mol. The molecule has 0 radical (unpaired) electrons. The number of aromatic hydroxyl groups is 2. The second-order valence-electron chi connectivity index (χ2n) is 15.1. The molecule has 0 saturated carbocycles. The lowest BCUT2D eigenvalue weighted by Gasteiger charge is -2.47. The van der Waals surface area contributed by atoms with Crippen molar-refractivity contribution in [3.05, 3.63) is 59.7 Å². The standard InChI is InChI=1S/C42H64O16/c1-5-7-17-32(48)54-23-31-35(50)36(51)37(52)42(56-31)58-39-30(22-44)55-40(34-26(21-43)19-27(45)20-29(34)47)38(53)41(39)57-33(49)18-13-9-12-16-28(46)25(4)15-11-8-10-14-24(3)6-2/h9-10,12-14,18-20,24-25,28,30-31,35-47,50-53H,5-8,11,15-17,21-23H2,1-4H3/t24-,25-,28+,30+,31+,35+,36-,37+,38-,39+,40-,41+,42-/m1/s1. The molecule has 0 aliphatic carbocycles. The topological polar surface area (TPSA) is 262 Å². The van der Waals surface area contributed by atoms with E-state index in [0.717, 1.165) is 50.3 Å². The first kappa shape index (κ1) is 48.9. The Labute approximate surface area is 340 Å². The Morgan fingerprint density at radius 3 is 2.31 bits per heavy atom. The number of rotatable bonds is 22. The molecule has 13 atom stereocenters. The van der Waals surface area contributed by atoms with Gasteiger partial charge < -0.3 is 69.6 Å². The lowest BCUT2D eigenvalue weighted by atomic mass is 9.88. The molecule has 58 heavy (non-hydrogen) atoms. The number of unbranched alkanes of at least 4 members (excludes halogenated alkanes) is 2. The SMILES string of the molecule is CCCCC(=O)OC[C@@H]1O[C@H](O[C@@H]2[C@@H](OC(=O)C=CC=CC[C@H](O)[C@H](C)CCCC=C[C@H](C)CC)[C@H](O)[C@@H](c3c(O)cc(O)cc3CO)O[C@H]2CO)[C@@H](O)[C@H](O)[C@H]1O. The van der Waals surface area contributed by atoms with Gasteiger partial charge in [-0.1, -0.05) is 70.9 Å². The Morgan fingerprint density at radius 1 is 0.897 bits per heavy atom. The number of benzene rings is 1. The highest BCUT2D eigenvalue weighted by atomic mass is 16.7. The number of allylic oxidation sites excluding steroid dienone is 4. The predicted molar refractivity (Wildman–Crippen MR) is 209 cm³/mol. The number of phenolic OH excluding ortho intramolecular Hbond substituents is 2. The fraction of sp³-hybridized carbons (Fsp3) is 0.667. The average molecular weight is 825 g/mol. The Morgan fingerprint density at radius 2 is 1.64 bits per heavy atom. The molecule has 1 aromatic carbocycles. The molecule has 2 fully saturated rings. The van der Waals surface area contributed by atoms with Gasteiger partial charge in [0.05, 0.1) is 19.3 Å². The van der Waals surface area contributed by atoms with Gasteiger partial charge in [0.25, 0.3) is 0 Å². The molecule has 3 rings (SSSR count). The van der Waals surface area contributed by atoms with Crippen LogP contribution in [-0.4, -0.2) is 132 Å².